The van der Waals surface area contributed by atoms with E-state index >= 15 is 0 Å². The molecule has 2 aromatic heterocycles. The average molecular weight is 237 g/mol. The van der Waals surface area contributed by atoms with E-state index in [-0.39, 0.29) is 0 Å². The summed E-state index contributed by atoms with van der Waals surface area (Å²) in [5.74, 6) is 0. The van der Waals surface area contributed by atoms with Gasteiger partial charge in [0, 0.05) is 22.7 Å². The number of benzene rings is 1. The summed E-state index contributed by atoms with van der Waals surface area (Å²) in [6, 6.07) is 7.73. The number of fused-ring (bicyclic) bond motifs is 1. The van der Waals surface area contributed by atoms with Gasteiger partial charge in [-0.15, -0.1) is 0 Å². The van der Waals surface area contributed by atoms with Gasteiger partial charge in [-0.2, -0.15) is 5.10 Å². The Morgan fingerprint density at radius 2 is 2.11 bits per heavy atom. The third-order valence-corrected chi connectivity index (χ3v) is 2.98. The summed E-state index contributed by atoms with van der Waals surface area (Å²) < 4.78 is 0. The lowest BCUT2D eigenvalue weighted by molar-refractivity contribution is 0.112. The lowest BCUT2D eigenvalue weighted by Gasteiger charge is -2.05. The van der Waals surface area contributed by atoms with Crippen LogP contribution in [0.5, 0.6) is 0 Å². The van der Waals surface area contributed by atoms with Crippen LogP contribution < -0.4 is 0 Å². The Kier molecular flexibility index (Phi) is 2.41. The van der Waals surface area contributed by atoms with Crippen molar-refractivity contribution in [3.63, 3.8) is 0 Å². The van der Waals surface area contributed by atoms with E-state index in [2.05, 4.69) is 21.2 Å². The zero-order chi connectivity index (χ0) is 12.5. The molecule has 0 aliphatic rings. The minimum absolute atomic E-state index is 0.582. The van der Waals surface area contributed by atoms with Crippen molar-refractivity contribution in [3.05, 3.63) is 47.8 Å². The first-order chi connectivity index (χ1) is 8.78. The van der Waals surface area contributed by atoms with E-state index in [1.807, 2.05) is 19.1 Å². The number of rotatable bonds is 2. The predicted molar refractivity (Wildman–Crippen MR) is 69.4 cm³/mol. The molecule has 88 valence electrons. The third kappa shape index (κ3) is 1.68. The van der Waals surface area contributed by atoms with E-state index in [9.17, 15) is 4.79 Å². The van der Waals surface area contributed by atoms with E-state index in [0.717, 1.165) is 34.0 Å². The Morgan fingerprint density at radius 3 is 2.83 bits per heavy atom. The number of carbonyl (C=O) groups excluding carboxylic acids is 1. The molecule has 0 amide bonds. The van der Waals surface area contributed by atoms with Gasteiger partial charge in [-0.05, 0) is 36.8 Å². The highest BCUT2D eigenvalue weighted by molar-refractivity contribution is 5.85. The number of pyridine rings is 1. The number of H-pyrrole nitrogens is 1. The zero-order valence-corrected chi connectivity index (χ0v) is 9.84. The molecule has 0 saturated heterocycles. The number of aromatic amines is 1. The molecule has 0 bridgehead atoms. The SMILES string of the molecule is Cc1cc2cn[nH]c2cc1-c1ccc(C=O)cn1. The summed E-state index contributed by atoms with van der Waals surface area (Å²) in [5, 5.41) is 8.04. The second-order valence-electron chi connectivity index (χ2n) is 4.22. The van der Waals surface area contributed by atoms with Crippen LogP contribution in [-0.2, 0) is 0 Å². The van der Waals surface area contributed by atoms with E-state index in [1.54, 1.807) is 18.5 Å². The smallest absolute Gasteiger partial charge is 0.151 e. The van der Waals surface area contributed by atoms with Gasteiger partial charge in [-0.25, -0.2) is 0 Å². The molecule has 0 radical (unpaired) electrons. The van der Waals surface area contributed by atoms with E-state index in [0.29, 0.717) is 5.56 Å². The Labute approximate surface area is 104 Å². The Morgan fingerprint density at radius 1 is 1.22 bits per heavy atom. The monoisotopic (exact) mass is 237 g/mol. The lowest BCUT2D eigenvalue weighted by atomic mass is 10.0. The zero-order valence-electron chi connectivity index (χ0n) is 9.84. The number of carbonyl (C=O) groups is 1. The molecule has 4 heteroatoms. The first-order valence-electron chi connectivity index (χ1n) is 5.63. The highest BCUT2D eigenvalue weighted by atomic mass is 16.1. The Hall–Kier alpha value is -2.49. The highest BCUT2D eigenvalue weighted by Crippen LogP contribution is 2.25. The van der Waals surface area contributed by atoms with Crippen LogP contribution in [0.3, 0.4) is 0 Å². The van der Waals surface area contributed by atoms with E-state index < -0.39 is 0 Å². The number of nitrogens with zero attached hydrogens (tertiary/aromatic N) is 2. The molecule has 3 aromatic rings. The van der Waals surface area contributed by atoms with Gasteiger partial charge in [0.1, 0.15) is 0 Å². The standard InChI is InChI=1S/C14H11N3O/c1-9-4-11-7-16-17-14(11)5-12(9)13-3-2-10(8-18)6-15-13/h2-8H,1H3,(H,16,17). The predicted octanol–water partition coefficient (Wildman–Crippen LogP) is 2.75. The fraction of sp³-hybridized carbons (Fsp3) is 0.0714. The van der Waals surface area contributed by atoms with Gasteiger partial charge in [-0.3, -0.25) is 14.9 Å². The van der Waals surface area contributed by atoms with Crippen molar-refractivity contribution in [1.82, 2.24) is 15.2 Å². The van der Waals surface area contributed by atoms with Crippen molar-refractivity contribution < 1.29 is 4.79 Å². The Balaban J connectivity index is 2.16. The van der Waals surface area contributed by atoms with Crippen LogP contribution >= 0.6 is 0 Å². The second kappa shape index (κ2) is 4.07. The molecule has 0 aliphatic heterocycles. The van der Waals surface area contributed by atoms with Crippen LogP contribution in [0.1, 0.15) is 15.9 Å². The van der Waals surface area contributed by atoms with Gasteiger partial charge < -0.3 is 0 Å². The third-order valence-electron chi connectivity index (χ3n) is 2.98. The molecule has 0 fully saturated rings. The molecular weight excluding hydrogens is 226 g/mol. The van der Waals surface area contributed by atoms with Crippen molar-refractivity contribution in [2.24, 2.45) is 0 Å². The normalized spacial score (nSPS) is 10.7. The summed E-state index contributed by atoms with van der Waals surface area (Å²) >= 11 is 0. The molecule has 18 heavy (non-hydrogen) atoms. The quantitative estimate of drug-likeness (QED) is 0.697. The number of hydrogen-bond acceptors (Lipinski definition) is 3. The van der Waals surface area contributed by atoms with Gasteiger partial charge in [0.15, 0.2) is 6.29 Å². The summed E-state index contributed by atoms with van der Waals surface area (Å²) in [4.78, 5) is 14.9. The first-order valence-corrected chi connectivity index (χ1v) is 5.63. The summed E-state index contributed by atoms with van der Waals surface area (Å²) in [6.45, 7) is 2.04. The summed E-state index contributed by atoms with van der Waals surface area (Å²) in [7, 11) is 0. The number of aryl methyl sites for hydroxylation is 1. The number of hydrogen-bond donors (Lipinski definition) is 1. The van der Waals surface area contributed by atoms with E-state index in [4.69, 9.17) is 0 Å². The molecule has 0 aliphatic carbocycles. The molecule has 1 N–H and O–H groups in total. The fourth-order valence-electron chi connectivity index (χ4n) is 2.02. The molecule has 3 rings (SSSR count). The molecule has 0 unspecified atom stereocenters. The number of aldehydes is 1. The topological polar surface area (TPSA) is 58.6 Å². The van der Waals surface area contributed by atoms with Crippen LogP contribution in [0.4, 0.5) is 0 Å². The van der Waals surface area contributed by atoms with Gasteiger partial charge in [-0.1, -0.05) is 0 Å². The van der Waals surface area contributed by atoms with Crippen LogP contribution in [0, 0.1) is 6.92 Å². The van der Waals surface area contributed by atoms with Crippen molar-refractivity contribution in [2.75, 3.05) is 0 Å². The van der Waals surface area contributed by atoms with Gasteiger partial charge in [0.2, 0.25) is 0 Å². The van der Waals surface area contributed by atoms with Gasteiger partial charge >= 0.3 is 0 Å². The molecule has 1 aromatic carbocycles. The molecule has 4 nitrogen and oxygen atoms in total. The fourth-order valence-corrected chi connectivity index (χ4v) is 2.02. The average Bonchev–Trinajstić information content (AvgIpc) is 2.85. The van der Waals surface area contributed by atoms with Crippen molar-refractivity contribution in [2.45, 2.75) is 6.92 Å². The second-order valence-corrected chi connectivity index (χ2v) is 4.22. The van der Waals surface area contributed by atoms with E-state index in [1.165, 1.54) is 0 Å². The highest BCUT2D eigenvalue weighted by Gasteiger charge is 2.06. The minimum atomic E-state index is 0.582. The largest absolute Gasteiger partial charge is 0.298 e. The summed E-state index contributed by atoms with van der Waals surface area (Å²) in [5.41, 5.74) is 4.60. The van der Waals surface area contributed by atoms with Crippen LogP contribution in [0.15, 0.2) is 36.7 Å². The van der Waals surface area contributed by atoms with Gasteiger partial charge in [0.05, 0.1) is 17.4 Å². The molecule has 0 spiro atoms. The molecule has 2 heterocycles. The lowest BCUT2D eigenvalue weighted by Crippen LogP contribution is -1.89. The van der Waals surface area contributed by atoms with Gasteiger partial charge in [0.25, 0.3) is 0 Å². The molecule has 0 saturated carbocycles. The summed E-state index contributed by atoms with van der Waals surface area (Å²) in [6.07, 6.45) is 4.18. The first kappa shape index (κ1) is 10.7. The van der Waals surface area contributed by atoms with Crippen LogP contribution in [0.2, 0.25) is 0 Å². The van der Waals surface area contributed by atoms with Crippen molar-refractivity contribution >= 4 is 17.2 Å². The Bertz CT molecular complexity index is 713. The molecular formula is C14H11N3O. The maximum absolute atomic E-state index is 10.6. The van der Waals surface area contributed by atoms with Crippen molar-refractivity contribution in [3.8, 4) is 11.3 Å². The minimum Gasteiger partial charge on any atom is -0.298 e. The van der Waals surface area contributed by atoms with Crippen LogP contribution in [-0.4, -0.2) is 21.5 Å². The van der Waals surface area contributed by atoms with Crippen LogP contribution in [0.25, 0.3) is 22.2 Å². The van der Waals surface area contributed by atoms with Crippen molar-refractivity contribution in [1.29, 1.82) is 0 Å². The number of nitrogens with one attached hydrogen (secondary N) is 1. The number of aromatic nitrogens is 3. The maximum atomic E-state index is 10.6. The molecule has 0 atom stereocenters. The maximum Gasteiger partial charge on any atom is 0.151 e.